The first-order valence-electron chi connectivity index (χ1n) is 6.26. The van der Waals surface area contributed by atoms with Gasteiger partial charge in [-0.2, -0.15) is 0 Å². The summed E-state index contributed by atoms with van der Waals surface area (Å²) in [6.07, 6.45) is 2.46. The fourth-order valence-electron chi connectivity index (χ4n) is 2.61. The van der Waals surface area contributed by atoms with Crippen LogP contribution in [0.25, 0.3) is 11.4 Å². The van der Waals surface area contributed by atoms with E-state index in [0.29, 0.717) is 5.92 Å². The quantitative estimate of drug-likeness (QED) is 0.749. The van der Waals surface area contributed by atoms with E-state index >= 15 is 0 Å². The van der Waals surface area contributed by atoms with Crippen molar-refractivity contribution in [3.63, 3.8) is 0 Å². The fourth-order valence-corrected chi connectivity index (χ4v) is 2.61. The highest BCUT2D eigenvalue weighted by Crippen LogP contribution is 2.30. The molecule has 17 heavy (non-hydrogen) atoms. The topological polar surface area (TPSA) is 30.7 Å². The summed E-state index contributed by atoms with van der Waals surface area (Å²) in [5.41, 5.74) is 2.47. The summed E-state index contributed by atoms with van der Waals surface area (Å²) in [6.45, 7) is 5.42. The normalized spacial score (nSPS) is 19.1. The Morgan fingerprint density at radius 1 is 1.24 bits per heavy atom. The van der Waals surface area contributed by atoms with E-state index in [-0.39, 0.29) is 0 Å². The second-order valence-corrected chi connectivity index (χ2v) is 4.89. The van der Waals surface area contributed by atoms with Gasteiger partial charge in [0.05, 0.1) is 0 Å². The third-order valence-corrected chi connectivity index (χ3v) is 3.62. The van der Waals surface area contributed by atoms with Crippen molar-refractivity contribution >= 4 is 0 Å². The second kappa shape index (κ2) is 3.99. The highest BCUT2D eigenvalue weighted by Gasteiger charge is 2.22. The van der Waals surface area contributed by atoms with E-state index < -0.39 is 0 Å². The van der Waals surface area contributed by atoms with Crippen molar-refractivity contribution in [2.24, 2.45) is 0 Å². The Hall–Kier alpha value is -1.64. The maximum Gasteiger partial charge on any atom is 0.164 e. The summed E-state index contributed by atoms with van der Waals surface area (Å²) in [5.74, 6) is 2.72. The van der Waals surface area contributed by atoms with Crippen molar-refractivity contribution in [2.75, 3.05) is 0 Å². The lowest BCUT2D eigenvalue weighted by molar-refractivity contribution is 0.466. The molecule has 1 aromatic heterocycles. The molecule has 0 saturated carbocycles. The summed E-state index contributed by atoms with van der Waals surface area (Å²) in [7, 11) is 0. The number of fused-ring (bicyclic) bond motifs is 1. The molecule has 1 aliphatic rings. The molecule has 88 valence electrons. The average Bonchev–Trinajstić information content (AvgIpc) is 2.75. The summed E-state index contributed by atoms with van der Waals surface area (Å²) in [4.78, 5) is 0. The van der Waals surface area contributed by atoms with Crippen LogP contribution < -0.4 is 0 Å². The number of hydrogen-bond acceptors (Lipinski definition) is 2. The lowest BCUT2D eigenvalue weighted by Crippen LogP contribution is -2.14. The zero-order chi connectivity index (χ0) is 11.8. The lowest BCUT2D eigenvalue weighted by atomic mass is 10.0. The molecule has 0 N–H and O–H groups in total. The van der Waals surface area contributed by atoms with Gasteiger partial charge in [0, 0.05) is 18.0 Å². The molecule has 1 atom stereocenters. The number of aromatic nitrogens is 3. The summed E-state index contributed by atoms with van der Waals surface area (Å²) in [6, 6.07) is 8.39. The van der Waals surface area contributed by atoms with Crippen LogP contribution in [0.15, 0.2) is 24.3 Å². The van der Waals surface area contributed by atoms with Gasteiger partial charge in [-0.1, -0.05) is 31.2 Å². The molecular weight excluding hydrogens is 210 g/mol. The van der Waals surface area contributed by atoms with Gasteiger partial charge in [-0.3, -0.25) is 0 Å². The van der Waals surface area contributed by atoms with E-state index in [1.807, 2.05) is 0 Å². The standard InChI is InChI=1S/C14H17N3/c1-10-6-3-4-8-12(10)14-16-15-13-11(2)7-5-9-17(13)14/h3-4,6,8,11H,5,7,9H2,1-2H3. The monoisotopic (exact) mass is 227 g/mol. The Labute approximate surface area is 101 Å². The lowest BCUT2D eigenvalue weighted by Gasteiger charge is -2.20. The van der Waals surface area contributed by atoms with Gasteiger partial charge in [0.25, 0.3) is 0 Å². The molecule has 1 aliphatic heterocycles. The van der Waals surface area contributed by atoms with Crippen molar-refractivity contribution in [1.82, 2.24) is 14.8 Å². The molecule has 2 aromatic rings. The van der Waals surface area contributed by atoms with E-state index in [9.17, 15) is 0 Å². The third kappa shape index (κ3) is 1.66. The van der Waals surface area contributed by atoms with Gasteiger partial charge in [-0.25, -0.2) is 0 Å². The minimum Gasteiger partial charge on any atom is -0.311 e. The van der Waals surface area contributed by atoms with Crippen LogP contribution in [0.3, 0.4) is 0 Å². The Bertz CT molecular complexity index is 542. The SMILES string of the molecule is Cc1ccccc1-c1nnc2n1CCCC2C. The first-order valence-corrected chi connectivity index (χ1v) is 6.26. The van der Waals surface area contributed by atoms with E-state index in [2.05, 4.69) is 52.9 Å². The minimum absolute atomic E-state index is 0.536. The Kier molecular flexibility index (Phi) is 2.46. The fraction of sp³-hybridized carbons (Fsp3) is 0.429. The van der Waals surface area contributed by atoms with Crippen LogP contribution >= 0.6 is 0 Å². The first-order chi connectivity index (χ1) is 8.27. The van der Waals surface area contributed by atoms with Crippen molar-refractivity contribution < 1.29 is 0 Å². The molecule has 2 heterocycles. The van der Waals surface area contributed by atoms with Crippen molar-refractivity contribution in [1.29, 1.82) is 0 Å². The number of hydrogen-bond donors (Lipinski definition) is 0. The van der Waals surface area contributed by atoms with Gasteiger partial charge in [0.2, 0.25) is 0 Å². The molecular formula is C14H17N3. The van der Waals surface area contributed by atoms with E-state index in [0.717, 1.165) is 18.2 Å². The van der Waals surface area contributed by atoms with Crippen LogP contribution in [0, 0.1) is 6.92 Å². The smallest absolute Gasteiger partial charge is 0.164 e. The molecule has 0 bridgehead atoms. The zero-order valence-corrected chi connectivity index (χ0v) is 10.3. The maximum absolute atomic E-state index is 4.39. The van der Waals surface area contributed by atoms with Gasteiger partial charge in [0.15, 0.2) is 5.82 Å². The number of rotatable bonds is 1. The van der Waals surface area contributed by atoms with Crippen LogP contribution in [0.1, 0.15) is 37.1 Å². The average molecular weight is 227 g/mol. The number of benzene rings is 1. The molecule has 1 unspecified atom stereocenters. The van der Waals surface area contributed by atoms with E-state index in [4.69, 9.17) is 0 Å². The minimum atomic E-state index is 0.536. The molecule has 3 heteroatoms. The molecule has 0 fully saturated rings. The van der Waals surface area contributed by atoms with Gasteiger partial charge in [-0.15, -0.1) is 10.2 Å². The zero-order valence-electron chi connectivity index (χ0n) is 10.3. The summed E-state index contributed by atoms with van der Waals surface area (Å²) in [5, 5.41) is 8.76. The van der Waals surface area contributed by atoms with Crippen LogP contribution in [-0.2, 0) is 6.54 Å². The molecule has 3 nitrogen and oxygen atoms in total. The highest BCUT2D eigenvalue weighted by atomic mass is 15.3. The predicted molar refractivity (Wildman–Crippen MR) is 67.8 cm³/mol. The molecule has 0 aliphatic carbocycles. The maximum atomic E-state index is 4.39. The Balaban J connectivity index is 2.14. The molecule has 0 saturated heterocycles. The van der Waals surface area contributed by atoms with E-state index in [1.54, 1.807) is 0 Å². The predicted octanol–water partition coefficient (Wildman–Crippen LogP) is 3.15. The van der Waals surface area contributed by atoms with Gasteiger partial charge >= 0.3 is 0 Å². The number of nitrogens with zero attached hydrogens (tertiary/aromatic N) is 3. The molecule has 0 radical (unpaired) electrons. The Morgan fingerprint density at radius 3 is 2.88 bits per heavy atom. The molecule has 1 aromatic carbocycles. The summed E-state index contributed by atoms with van der Waals surface area (Å²) < 4.78 is 2.29. The summed E-state index contributed by atoms with van der Waals surface area (Å²) >= 11 is 0. The van der Waals surface area contributed by atoms with Crippen molar-refractivity contribution in [3.8, 4) is 11.4 Å². The second-order valence-electron chi connectivity index (χ2n) is 4.89. The van der Waals surface area contributed by atoms with Gasteiger partial charge in [-0.05, 0) is 25.3 Å². The first kappa shape index (κ1) is 10.5. The highest BCUT2D eigenvalue weighted by molar-refractivity contribution is 5.60. The molecule has 3 rings (SSSR count). The van der Waals surface area contributed by atoms with Crippen LogP contribution in [0.5, 0.6) is 0 Å². The van der Waals surface area contributed by atoms with Crippen LogP contribution in [0.2, 0.25) is 0 Å². The van der Waals surface area contributed by atoms with Crippen LogP contribution in [0.4, 0.5) is 0 Å². The Morgan fingerprint density at radius 2 is 2.06 bits per heavy atom. The van der Waals surface area contributed by atoms with Crippen molar-refractivity contribution in [3.05, 3.63) is 35.7 Å². The molecule has 0 spiro atoms. The largest absolute Gasteiger partial charge is 0.311 e. The third-order valence-electron chi connectivity index (χ3n) is 3.62. The van der Waals surface area contributed by atoms with E-state index in [1.165, 1.54) is 24.0 Å². The van der Waals surface area contributed by atoms with Crippen LogP contribution in [-0.4, -0.2) is 14.8 Å². The number of aryl methyl sites for hydroxylation is 1. The molecule has 0 amide bonds. The van der Waals surface area contributed by atoms with Crippen molar-refractivity contribution in [2.45, 2.75) is 39.2 Å². The van der Waals surface area contributed by atoms with Gasteiger partial charge in [0.1, 0.15) is 5.82 Å². The van der Waals surface area contributed by atoms with Gasteiger partial charge < -0.3 is 4.57 Å².